The van der Waals surface area contributed by atoms with Crippen LogP contribution in [0.2, 0.25) is 0 Å². The van der Waals surface area contributed by atoms with Gasteiger partial charge in [0.1, 0.15) is 17.6 Å². The molecule has 1 unspecified atom stereocenters. The van der Waals surface area contributed by atoms with Gasteiger partial charge in [-0.2, -0.15) is 0 Å². The Labute approximate surface area is 135 Å². The van der Waals surface area contributed by atoms with Gasteiger partial charge in [-0.15, -0.1) is 11.3 Å². The molecule has 2 aromatic carbocycles. The molecule has 0 saturated heterocycles. The number of hydrogen-bond donors (Lipinski definition) is 1. The molecule has 0 amide bonds. The third kappa shape index (κ3) is 3.35. The number of para-hydroxylation sites is 1. The monoisotopic (exact) mass is 360 g/mol. The van der Waals surface area contributed by atoms with Crippen LogP contribution in [0.5, 0.6) is 11.5 Å². The van der Waals surface area contributed by atoms with Crippen LogP contribution in [0.3, 0.4) is 0 Å². The average Bonchev–Trinajstić information content (AvgIpc) is 2.94. The van der Waals surface area contributed by atoms with Crippen molar-refractivity contribution in [2.45, 2.75) is 6.10 Å². The normalized spacial score (nSPS) is 12.1. The Morgan fingerprint density at radius 2 is 1.71 bits per heavy atom. The summed E-state index contributed by atoms with van der Waals surface area (Å²) in [6, 6.07) is 19.1. The summed E-state index contributed by atoms with van der Waals surface area (Å²) in [6.45, 7) is 0. The van der Waals surface area contributed by atoms with Crippen molar-refractivity contribution < 1.29 is 9.84 Å². The molecule has 0 saturated carbocycles. The summed E-state index contributed by atoms with van der Waals surface area (Å²) >= 11 is 4.98. The molecule has 1 heterocycles. The molecule has 1 N–H and O–H groups in total. The van der Waals surface area contributed by atoms with Crippen LogP contribution in [-0.2, 0) is 0 Å². The van der Waals surface area contributed by atoms with Gasteiger partial charge in [-0.3, -0.25) is 0 Å². The summed E-state index contributed by atoms with van der Waals surface area (Å²) in [5.74, 6) is 1.49. The summed E-state index contributed by atoms with van der Waals surface area (Å²) in [5.41, 5.74) is 0.812. The van der Waals surface area contributed by atoms with Crippen LogP contribution in [0.15, 0.2) is 70.5 Å². The highest BCUT2D eigenvalue weighted by atomic mass is 79.9. The van der Waals surface area contributed by atoms with Gasteiger partial charge < -0.3 is 9.84 Å². The predicted octanol–water partition coefficient (Wildman–Crippen LogP) is 5.38. The number of ether oxygens (including phenoxy) is 1. The van der Waals surface area contributed by atoms with Crippen molar-refractivity contribution >= 4 is 27.3 Å². The van der Waals surface area contributed by atoms with Gasteiger partial charge in [-0.25, -0.2) is 0 Å². The Morgan fingerprint density at radius 3 is 2.43 bits per heavy atom. The summed E-state index contributed by atoms with van der Waals surface area (Å²) in [5, 5.41) is 12.4. The molecule has 0 bridgehead atoms. The standard InChI is InChI=1S/C17H13BrO2S/c18-15-9-10-21-17(15)16(19)12-5-4-8-14(11-12)20-13-6-2-1-3-7-13/h1-11,16,19H. The quantitative estimate of drug-likeness (QED) is 0.676. The first-order chi connectivity index (χ1) is 10.2. The van der Waals surface area contributed by atoms with Gasteiger partial charge in [0.25, 0.3) is 0 Å². The summed E-state index contributed by atoms with van der Waals surface area (Å²) in [4.78, 5) is 0.895. The Hall–Kier alpha value is -1.62. The molecule has 0 aliphatic carbocycles. The van der Waals surface area contributed by atoms with Crippen molar-refractivity contribution in [2.24, 2.45) is 0 Å². The first-order valence-corrected chi connectivity index (χ1v) is 8.15. The van der Waals surface area contributed by atoms with E-state index >= 15 is 0 Å². The van der Waals surface area contributed by atoms with Crippen LogP contribution in [-0.4, -0.2) is 5.11 Å². The first kappa shape index (κ1) is 14.3. The van der Waals surface area contributed by atoms with Crippen LogP contribution < -0.4 is 4.74 Å². The van der Waals surface area contributed by atoms with E-state index < -0.39 is 6.10 Å². The van der Waals surface area contributed by atoms with Crippen LogP contribution in [0, 0.1) is 0 Å². The van der Waals surface area contributed by atoms with Crippen molar-refractivity contribution in [3.8, 4) is 11.5 Å². The number of aliphatic hydroxyl groups is 1. The van der Waals surface area contributed by atoms with E-state index in [-0.39, 0.29) is 0 Å². The van der Waals surface area contributed by atoms with E-state index in [2.05, 4.69) is 15.9 Å². The van der Waals surface area contributed by atoms with Gasteiger partial charge in [-0.05, 0) is 57.2 Å². The zero-order valence-electron chi connectivity index (χ0n) is 11.1. The molecule has 4 heteroatoms. The van der Waals surface area contributed by atoms with E-state index in [1.807, 2.05) is 66.0 Å². The van der Waals surface area contributed by atoms with E-state index in [1.165, 1.54) is 11.3 Å². The van der Waals surface area contributed by atoms with Gasteiger partial charge >= 0.3 is 0 Å². The molecule has 3 aromatic rings. The van der Waals surface area contributed by atoms with Crippen LogP contribution in [0.25, 0.3) is 0 Å². The number of halogens is 1. The molecular formula is C17H13BrO2S. The molecule has 3 rings (SSSR count). The maximum atomic E-state index is 10.5. The van der Waals surface area contributed by atoms with E-state index in [0.717, 1.165) is 20.7 Å². The summed E-state index contributed by atoms with van der Waals surface area (Å²) in [7, 11) is 0. The number of thiophene rings is 1. The molecule has 0 aliphatic rings. The van der Waals surface area contributed by atoms with Crippen molar-refractivity contribution in [1.82, 2.24) is 0 Å². The molecule has 1 atom stereocenters. The van der Waals surface area contributed by atoms with Crippen molar-refractivity contribution in [1.29, 1.82) is 0 Å². The lowest BCUT2D eigenvalue weighted by Gasteiger charge is -2.12. The Morgan fingerprint density at radius 1 is 0.952 bits per heavy atom. The van der Waals surface area contributed by atoms with Crippen molar-refractivity contribution in [3.05, 3.63) is 81.0 Å². The van der Waals surface area contributed by atoms with Crippen molar-refractivity contribution in [2.75, 3.05) is 0 Å². The van der Waals surface area contributed by atoms with E-state index in [0.29, 0.717) is 5.75 Å². The third-order valence-electron chi connectivity index (χ3n) is 3.05. The summed E-state index contributed by atoms with van der Waals surface area (Å²) in [6.07, 6.45) is -0.654. The Bertz CT molecular complexity index is 724. The van der Waals surface area contributed by atoms with Gasteiger partial charge in [-0.1, -0.05) is 30.3 Å². The predicted molar refractivity (Wildman–Crippen MR) is 89.0 cm³/mol. The second-order valence-corrected chi connectivity index (χ2v) is 6.32. The highest BCUT2D eigenvalue weighted by Crippen LogP contribution is 2.34. The fourth-order valence-electron chi connectivity index (χ4n) is 2.02. The third-order valence-corrected chi connectivity index (χ3v) is 4.97. The number of hydrogen-bond acceptors (Lipinski definition) is 3. The second kappa shape index (κ2) is 6.43. The van der Waals surface area contributed by atoms with Gasteiger partial charge in [0, 0.05) is 4.47 Å². The molecule has 106 valence electrons. The number of rotatable bonds is 4. The Balaban J connectivity index is 1.85. The number of aliphatic hydroxyl groups excluding tert-OH is 1. The lowest BCUT2D eigenvalue weighted by atomic mass is 10.1. The Kier molecular flexibility index (Phi) is 4.39. The maximum absolute atomic E-state index is 10.5. The lowest BCUT2D eigenvalue weighted by molar-refractivity contribution is 0.223. The zero-order valence-corrected chi connectivity index (χ0v) is 13.5. The molecule has 0 aliphatic heterocycles. The highest BCUT2D eigenvalue weighted by molar-refractivity contribution is 9.10. The fourth-order valence-corrected chi connectivity index (χ4v) is 3.63. The molecule has 1 aromatic heterocycles. The SMILES string of the molecule is OC(c1cccc(Oc2ccccc2)c1)c1sccc1Br. The fraction of sp³-hybridized carbons (Fsp3) is 0.0588. The zero-order chi connectivity index (χ0) is 14.7. The van der Waals surface area contributed by atoms with E-state index in [4.69, 9.17) is 4.74 Å². The van der Waals surface area contributed by atoms with Crippen molar-refractivity contribution in [3.63, 3.8) is 0 Å². The van der Waals surface area contributed by atoms with Gasteiger partial charge in [0.2, 0.25) is 0 Å². The largest absolute Gasteiger partial charge is 0.457 e. The molecule has 2 nitrogen and oxygen atoms in total. The number of benzene rings is 2. The molecule has 0 spiro atoms. The van der Waals surface area contributed by atoms with Crippen LogP contribution in [0.1, 0.15) is 16.5 Å². The first-order valence-electron chi connectivity index (χ1n) is 6.48. The van der Waals surface area contributed by atoms with E-state index in [9.17, 15) is 5.11 Å². The van der Waals surface area contributed by atoms with E-state index in [1.54, 1.807) is 0 Å². The van der Waals surface area contributed by atoms with Crippen LogP contribution >= 0.6 is 27.3 Å². The minimum atomic E-state index is -0.654. The highest BCUT2D eigenvalue weighted by Gasteiger charge is 2.15. The summed E-state index contributed by atoms with van der Waals surface area (Å²) < 4.78 is 6.72. The lowest BCUT2D eigenvalue weighted by Crippen LogP contribution is -1.98. The average molecular weight is 361 g/mol. The topological polar surface area (TPSA) is 29.5 Å². The maximum Gasteiger partial charge on any atom is 0.127 e. The molecular weight excluding hydrogens is 348 g/mol. The molecule has 0 radical (unpaired) electrons. The smallest absolute Gasteiger partial charge is 0.127 e. The minimum absolute atomic E-state index is 0.654. The van der Waals surface area contributed by atoms with Crippen LogP contribution in [0.4, 0.5) is 0 Å². The minimum Gasteiger partial charge on any atom is -0.457 e. The second-order valence-electron chi connectivity index (χ2n) is 4.52. The molecule has 21 heavy (non-hydrogen) atoms. The molecule has 0 fully saturated rings. The van der Waals surface area contributed by atoms with Gasteiger partial charge in [0.05, 0.1) is 4.88 Å². The van der Waals surface area contributed by atoms with Gasteiger partial charge in [0.15, 0.2) is 0 Å².